The Morgan fingerprint density at radius 3 is 3.12 bits per heavy atom. The van der Waals surface area contributed by atoms with Crippen LogP contribution in [0.3, 0.4) is 0 Å². The first-order valence-electron chi connectivity index (χ1n) is 4.71. The van der Waals surface area contributed by atoms with Crippen LogP contribution < -0.4 is 11.1 Å². The quantitative estimate of drug-likeness (QED) is 0.615. The van der Waals surface area contributed by atoms with Gasteiger partial charge in [-0.05, 0) is 0 Å². The summed E-state index contributed by atoms with van der Waals surface area (Å²) in [7, 11) is 0. The molecule has 2 amide bonds. The summed E-state index contributed by atoms with van der Waals surface area (Å²) in [5.41, 5.74) is 4.89. The van der Waals surface area contributed by atoms with Crippen LogP contribution in [-0.2, 0) is 4.74 Å². The van der Waals surface area contributed by atoms with Gasteiger partial charge < -0.3 is 15.6 Å². The molecule has 1 fully saturated rings. The van der Waals surface area contributed by atoms with E-state index in [1.807, 2.05) is 0 Å². The fourth-order valence-corrected chi connectivity index (χ4v) is 2.45. The minimum absolute atomic E-state index is 0.128. The van der Waals surface area contributed by atoms with Gasteiger partial charge in [0, 0.05) is 5.75 Å². The highest BCUT2D eigenvalue weighted by molar-refractivity contribution is 8.00. The molecule has 4 N–H and O–H groups in total. The normalized spacial score (nSPS) is 30.9. The second kappa shape index (κ2) is 4.48. The lowest BCUT2D eigenvalue weighted by atomic mass is 10.3. The number of nitrogens with zero attached hydrogens (tertiary/aromatic N) is 1. The van der Waals surface area contributed by atoms with Crippen LogP contribution >= 0.6 is 11.8 Å². The lowest BCUT2D eigenvalue weighted by molar-refractivity contribution is -0.0365. The molecule has 2 aliphatic heterocycles. The molecule has 2 unspecified atom stereocenters. The van der Waals surface area contributed by atoms with Crippen molar-refractivity contribution in [2.75, 3.05) is 18.9 Å². The third kappa shape index (κ3) is 2.08. The number of amides is 2. The number of halogens is 1. The van der Waals surface area contributed by atoms with Crippen LogP contribution in [-0.4, -0.2) is 46.6 Å². The molecule has 0 radical (unpaired) electrons. The summed E-state index contributed by atoms with van der Waals surface area (Å²) in [6.45, 7) is -0.321. The molecular weight excluding hydrogens is 237 g/mol. The molecule has 0 bridgehead atoms. The van der Waals surface area contributed by atoms with Crippen LogP contribution in [0.5, 0.6) is 0 Å². The number of thioether (sulfide) groups is 1. The number of aliphatic hydroxyl groups excluding tert-OH is 1. The van der Waals surface area contributed by atoms with E-state index in [2.05, 4.69) is 5.32 Å². The van der Waals surface area contributed by atoms with E-state index in [0.717, 1.165) is 0 Å². The third-order valence-electron chi connectivity index (χ3n) is 2.33. The minimum atomic E-state index is -0.583. The van der Waals surface area contributed by atoms with Crippen molar-refractivity contribution in [2.24, 2.45) is 5.73 Å². The third-order valence-corrected chi connectivity index (χ3v) is 3.44. The monoisotopic (exact) mass is 249 g/mol. The Morgan fingerprint density at radius 1 is 1.75 bits per heavy atom. The Hall–Kier alpha value is -0.990. The average Bonchev–Trinajstić information content (AvgIpc) is 2.71. The lowest BCUT2D eigenvalue weighted by Crippen LogP contribution is -2.52. The van der Waals surface area contributed by atoms with Gasteiger partial charge in [0.15, 0.2) is 5.83 Å². The predicted molar refractivity (Wildman–Crippen MR) is 55.8 cm³/mol. The molecule has 0 spiro atoms. The van der Waals surface area contributed by atoms with E-state index in [-0.39, 0.29) is 24.4 Å². The zero-order valence-electron chi connectivity index (χ0n) is 8.35. The van der Waals surface area contributed by atoms with E-state index in [1.54, 1.807) is 0 Å². The summed E-state index contributed by atoms with van der Waals surface area (Å²) in [5.74, 6) is -0.322. The molecule has 0 aromatic carbocycles. The maximum absolute atomic E-state index is 13.2. The summed E-state index contributed by atoms with van der Waals surface area (Å²) in [4.78, 5) is 12.7. The van der Waals surface area contributed by atoms with Crippen molar-refractivity contribution in [3.05, 3.63) is 11.6 Å². The maximum atomic E-state index is 13.2. The van der Waals surface area contributed by atoms with E-state index in [4.69, 9.17) is 15.6 Å². The van der Waals surface area contributed by atoms with Crippen molar-refractivity contribution in [3.63, 3.8) is 0 Å². The Kier molecular flexibility index (Phi) is 3.22. The molecule has 2 heterocycles. The molecule has 0 aromatic heterocycles. The number of nitrogens with one attached hydrogen (secondary N) is 1. The first-order chi connectivity index (χ1) is 7.61. The average molecular weight is 249 g/mol. The van der Waals surface area contributed by atoms with Crippen molar-refractivity contribution in [2.45, 2.75) is 11.7 Å². The zero-order chi connectivity index (χ0) is 11.7. The SMILES string of the molecule is NC1=C(F)CN(C2CSC(CO)O2)C(=O)N1. The van der Waals surface area contributed by atoms with Gasteiger partial charge in [-0.3, -0.25) is 10.2 Å². The topological polar surface area (TPSA) is 87.8 Å². The molecule has 8 heteroatoms. The van der Waals surface area contributed by atoms with Gasteiger partial charge >= 0.3 is 6.03 Å². The summed E-state index contributed by atoms with van der Waals surface area (Å²) in [6, 6.07) is -0.483. The number of ether oxygens (including phenoxy) is 1. The van der Waals surface area contributed by atoms with Crippen LogP contribution in [0, 0.1) is 0 Å². The largest absolute Gasteiger partial charge is 0.393 e. The fourth-order valence-electron chi connectivity index (χ4n) is 1.50. The molecule has 0 saturated carbocycles. The van der Waals surface area contributed by atoms with E-state index >= 15 is 0 Å². The molecule has 2 rings (SSSR count). The number of carbonyl (C=O) groups is 1. The first-order valence-corrected chi connectivity index (χ1v) is 5.76. The van der Waals surface area contributed by atoms with Gasteiger partial charge in [0.1, 0.15) is 17.5 Å². The maximum Gasteiger partial charge on any atom is 0.325 e. The number of carbonyl (C=O) groups excluding carboxylic acids is 1. The Labute approximate surface area is 95.6 Å². The van der Waals surface area contributed by atoms with Crippen LogP contribution in [0.4, 0.5) is 9.18 Å². The molecule has 16 heavy (non-hydrogen) atoms. The van der Waals surface area contributed by atoms with Crippen molar-refractivity contribution in [3.8, 4) is 0 Å². The number of hydrogen-bond acceptors (Lipinski definition) is 5. The van der Waals surface area contributed by atoms with Crippen LogP contribution in [0.1, 0.15) is 0 Å². The molecule has 0 aliphatic carbocycles. The van der Waals surface area contributed by atoms with Crippen LogP contribution in [0.15, 0.2) is 11.6 Å². The summed E-state index contributed by atoms with van der Waals surface area (Å²) >= 11 is 1.38. The number of aliphatic hydroxyl groups is 1. The summed E-state index contributed by atoms with van der Waals surface area (Å²) in [5, 5.41) is 11.1. The summed E-state index contributed by atoms with van der Waals surface area (Å²) in [6.07, 6.45) is -0.527. The summed E-state index contributed by atoms with van der Waals surface area (Å²) < 4.78 is 18.6. The Balaban J connectivity index is 2.03. The minimum Gasteiger partial charge on any atom is -0.393 e. The fraction of sp³-hybridized carbons (Fsp3) is 0.625. The van der Waals surface area contributed by atoms with E-state index in [9.17, 15) is 9.18 Å². The van der Waals surface area contributed by atoms with E-state index in [0.29, 0.717) is 5.75 Å². The van der Waals surface area contributed by atoms with Gasteiger partial charge in [-0.2, -0.15) is 0 Å². The highest BCUT2D eigenvalue weighted by Crippen LogP contribution is 2.28. The van der Waals surface area contributed by atoms with Gasteiger partial charge in [0.25, 0.3) is 0 Å². The standard InChI is InChI=1S/C8H12FN3O3S/c9-4-1-12(8(14)11-7(4)10)5-3-16-6(2-13)15-5/h5-6,13H,1-3,10H2,(H,11,14). The first kappa shape index (κ1) is 11.5. The van der Waals surface area contributed by atoms with Crippen LogP contribution in [0.25, 0.3) is 0 Å². The highest BCUT2D eigenvalue weighted by atomic mass is 32.2. The lowest BCUT2D eigenvalue weighted by Gasteiger charge is -2.31. The number of rotatable bonds is 2. The zero-order valence-corrected chi connectivity index (χ0v) is 9.17. The smallest absolute Gasteiger partial charge is 0.325 e. The van der Waals surface area contributed by atoms with Gasteiger partial charge in [0.2, 0.25) is 0 Å². The Bertz CT molecular complexity index is 338. The van der Waals surface area contributed by atoms with E-state index in [1.165, 1.54) is 16.7 Å². The molecule has 1 saturated heterocycles. The molecule has 2 atom stereocenters. The van der Waals surface area contributed by atoms with Crippen molar-refractivity contribution < 1.29 is 19.0 Å². The van der Waals surface area contributed by atoms with Gasteiger partial charge in [-0.15, -0.1) is 11.8 Å². The Morgan fingerprint density at radius 2 is 2.50 bits per heavy atom. The molecule has 0 aromatic rings. The van der Waals surface area contributed by atoms with Gasteiger partial charge in [-0.1, -0.05) is 0 Å². The molecule has 90 valence electrons. The predicted octanol–water partition coefficient (Wildman–Crippen LogP) is -0.483. The van der Waals surface area contributed by atoms with Crippen molar-refractivity contribution >= 4 is 17.8 Å². The molecule has 6 nitrogen and oxygen atoms in total. The number of nitrogens with two attached hydrogens (primary N) is 1. The molecular formula is C8H12FN3O3S. The second-order valence-corrected chi connectivity index (χ2v) is 4.61. The van der Waals surface area contributed by atoms with Crippen LogP contribution in [0.2, 0.25) is 0 Å². The van der Waals surface area contributed by atoms with Gasteiger partial charge in [0.05, 0.1) is 13.2 Å². The second-order valence-electron chi connectivity index (χ2n) is 3.41. The highest BCUT2D eigenvalue weighted by Gasteiger charge is 2.36. The van der Waals surface area contributed by atoms with E-state index < -0.39 is 18.1 Å². The molecule has 2 aliphatic rings. The number of hydrogen-bond donors (Lipinski definition) is 3. The van der Waals surface area contributed by atoms with Gasteiger partial charge in [-0.25, -0.2) is 9.18 Å². The number of urea groups is 1. The van der Waals surface area contributed by atoms with Crippen molar-refractivity contribution in [1.29, 1.82) is 0 Å². The van der Waals surface area contributed by atoms with Crippen molar-refractivity contribution in [1.82, 2.24) is 10.2 Å².